The van der Waals surface area contributed by atoms with Gasteiger partial charge in [-0.25, -0.2) is 13.4 Å². The highest BCUT2D eigenvalue weighted by Crippen LogP contribution is 2.31. The lowest BCUT2D eigenvalue weighted by molar-refractivity contribution is -0.116. The first kappa shape index (κ1) is 20.1. The summed E-state index contributed by atoms with van der Waals surface area (Å²) in [5, 5.41) is 1.02. The zero-order valence-corrected chi connectivity index (χ0v) is 18.7. The number of carbonyl (C=O) groups is 1. The molecule has 1 aromatic heterocycles. The number of carbonyl (C=O) groups excluding carboxylic acids is 1. The molecule has 160 valence electrons. The van der Waals surface area contributed by atoms with Crippen LogP contribution in [0.15, 0.2) is 58.7 Å². The van der Waals surface area contributed by atoms with E-state index in [0.29, 0.717) is 12.2 Å². The molecular formula is C22H22N4O3S2. The van der Waals surface area contributed by atoms with Gasteiger partial charge in [-0.3, -0.25) is 9.52 Å². The molecule has 31 heavy (non-hydrogen) atoms. The molecule has 2 aliphatic heterocycles. The fourth-order valence-electron chi connectivity index (χ4n) is 4.04. The summed E-state index contributed by atoms with van der Waals surface area (Å²) in [7, 11) is -3.74. The Morgan fingerprint density at radius 1 is 1.13 bits per heavy atom. The minimum Gasteiger partial charge on any atom is -0.325 e. The van der Waals surface area contributed by atoms with E-state index in [1.54, 1.807) is 47.0 Å². The van der Waals surface area contributed by atoms with E-state index < -0.39 is 10.0 Å². The van der Waals surface area contributed by atoms with Gasteiger partial charge in [0.1, 0.15) is 0 Å². The SMILES string of the molecule is CC(=O)N1CCCc2cc(S(=O)(=O)Nc3ccc(-c4cn5c(n4)SCC5)cc3)ccc21. The lowest BCUT2D eigenvalue weighted by atomic mass is 10.0. The fraction of sp³-hybridized carbons (Fsp3) is 0.273. The van der Waals surface area contributed by atoms with Crippen molar-refractivity contribution in [3.05, 3.63) is 54.2 Å². The van der Waals surface area contributed by atoms with Gasteiger partial charge in [0, 0.05) is 48.9 Å². The van der Waals surface area contributed by atoms with Crippen molar-refractivity contribution < 1.29 is 13.2 Å². The molecule has 2 aliphatic rings. The summed E-state index contributed by atoms with van der Waals surface area (Å²) in [4.78, 5) is 18.4. The van der Waals surface area contributed by atoms with E-state index in [4.69, 9.17) is 0 Å². The number of amides is 1. The number of fused-ring (bicyclic) bond motifs is 2. The number of imidazole rings is 1. The van der Waals surface area contributed by atoms with Gasteiger partial charge in [-0.05, 0) is 48.7 Å². The normalized spacial score (nSPS) is 15.5. The zero-order chi connectivity index (χ0) is 21.6. The molecule has 0 saturated carbocycles. The highest BCUT2D eigenvalue weighted by atomic mass is 32.2. The van der Waals surface area contributed by atoms with Crippen LogP contribution in [-0.4, -0.2) is 36.2 Å². The number of nitrogens with zero attached hydrogens (tertiary/aromatic N) is 3. The van der Waals surface area contributed by atoms with Crippen molar-refractivity contribution in [1.82, 2.24) is 9.55 Å². The van der Waals surface area contributed by atoms with Crippen molar-refractivity contribution in [3.8, 4) is 11.3 Å². The van der Waals surface area contributed by atoms with Gasteiger partial charge in [0.25, 0.3) is 10.0 Å². The van der Waals surface area contributed by atoms with Crippen LogP contribution >= 0.6 is 11.8 Å². The van der Waals surface area contributed by atoms with Crippen LogP contribution in [-0.2, 0) is 27.8 Å². The summed E-state index contributed by atoms with van der Waals surface area (Å²) in [6.07, 6.45) is 3.61. The van der Waals surface area contributed by atoms with E-state index in [2.05, 4.69) is 14.3 Å². The average Bonchev–Trinajstić information content (AvgIpc) is 3.35. The van der Waals surface area contributed by atoms with E-state index in [0.717, 1.165) is 52.8 Å². The maximum Gasteiger partial charge on any atom is 0.261 e. The van der Waals surface area contributed by atoms with Crippen LogP contribution in [0.25, 0.3) is 11.3 Å². The number of anilines is 2. The number of nitrogens with one attached hydrogen (secondary N) is 1. The molecule has 1 N–H and O–H groups in total. The van der Waals surface area contributed by atoms with Gasteiger partial charge in [-0.15, -0.1) is 0 Å². The predicted octanol–water partition coefficient (Wildman–Crippen LogP) is 3.76. The molecule has 7 nitrogen and oxygen atoms in total. The summed E-state index contributed by atoms with van der Waals surface area (Å²) in [6.45, 7) is 3.16. The number of thioether (sulfide) groups is 1. The Hall–Kier alpha value is -2.78. The Kier molecular flexibility index (Phi) is 5.02. The summed E-state index contributed by atoms with van der Waals surface area (Å²) in [6, 6.07) is 12.2. The van der Waals surface area contributed by atoms with E-state index in [1.807, 2.05) is 18.3 Å². The Morgan fingerprint density at radius 3 is 2.68 bits per heavy atom. The number of benzene rings is 2. The van der Waals surface area contributed by atoms with Crippen molar-refractivity contribution in [2.24, 2.45) is 0 Å². The molecule has 0 unspecified atom stereocenters. The van der Waals surface area contributed by atoms with Crippen molar-refractivity contribution in [3.63, 3.8) is 0 Å². The van der Waals surface area contributed by atoms with Gasteiger partial charge >= 0.3 is 0 Å². The van der Waals surface area contributed by atoms with Crippen molar-refractivity contribution >= 4 is 39.1 Å². The standard InChI is InChI=1S/C22H22N4O3S2/c1-15(27)26-10-2-3-17-13-19(8-9-21(17)26)31(28,29)24-18-6-4-16(5-7-18)20-14-25-11-12-30-22(25)23-20/h4-9,13-14,24H,2-3,10-12H2,1H3. The van der Waals surface area contributed by atoms with E-state index in [9.17, 15) is 13.2 Å². The number of aromatic nitrogens is 2. The number of aryl methyl sites for hydroxylation is 2. The quantitative estimate of drug-likeness (QED) is 0.649. The van der Waals surface area contributed by atoms with Gasteiger partial charge in [0.2, 0.25) is 5.91 Å². The molecule has 5 rings (SSSR count). The first-order valence-corrected chi connectivity index (χ1v) is 12.6. The number of hydrogen-bond donors (Lipinski definition) is 1. The smallest absolute Gasteiger partial charge is 0.261 e. The lowest BCUT2D eigenvalue weighted by Crippen LogP contribution is -2.33. The maximum atomic E-state index is 12.9. The first-order valence-electron chi connectivity index (χ1n) is 10.1. The Labute approximate surface area is 185 Å². The largest absolute Gasteiger partial charge is 0.325 e. The number of rotatable bonds is 4. The Bertz CT molecular complexity index is 1240. The van der Waals surface area contributed by atoms with Crippen LogP contribution in [0.3, 0.4) is 0 Å². The van der Waals surface area contributed by atoms with Crippen LogP contribution < -0.4 is 9.62 Å². The third-order valence-corrected chi connectivity index (χ3v) is 7.95. The molecule has 0 bridgehead atoms. The molecule has 3 heterocycles. The first-order chi connectivity index (χ1) is 14.9. The van der Waals surface area contributed by atoms with Crippen LogP contribution in [0.5, 0.6) is 0 Å². The summed E-state index contributed by atoms with van der Waals surface area (Å²) < 4.78 is 30.7. The molecule has 0 fully saturated rings. The molecule has 0 aliphatic carbocycles. The van der Waals surface area contributed by atoms with Crippen LogP contribution in [0.1, 0.15) is 18.9 Å². The van der Waals surface area contributed by atoms with Gasteiger partial charge < -0.3 is 9.47 Å². The second kappa shape index (κ2) is 7.72. The Balaban J connectivity index is 1.36. The second-order valence-electron chi connectivity index (χ2n) is 7.70. The Morgan fingerprint density at radius 2 is 1.94 bits per heavy atom. The number of hydrogen-bond acceptors (Lipinski definition) is 5. The maximum absolute atomic E-state index is 12.9. The van der Waals surface area contributed by atoms with E-state index in [-0.39, 0.29) is 10.8 Å². The minimum absolute atomic E-state index is 0.0312. The summed E-state index contributed by atoms with van der Waals surface area (Å²) in [5.74, 6) is 1.02. The van der Waals surface area contributed by atoms with Crippen molar-refractivity contribution in [2.75, 3.05) is 21.9 Å². The second-order valence-corrected chi connectivity index (χ2v) is 10.4. The van der Waals surface area contributed by atoms with Gasteiger partial charge in [0.15, 0.2) is 5.16 Å². The number of sulfonamides is 1. The molecular weight excluding hydrogens is 432 g/mol. The van der Waals surface area contributed by atoms with E-state index >= 15 is 0 Å². The van der Waals surface area contributed by atoms with Crippen molar-refractivity contribution in [2.45, 2.75) is 36.4 Å². The van der Waals surface area contributed by atoms with Gasteiger partial charge in [-0.2, -0.15) is 0 Å². The molecule has 0 spiro atoms. The summed E-state index contributed by atoms with van der Waals surface area (Å²) >= 11 is 1.74. The lowest BCUT2D eigenvalue weighted by Gasteiger charge is -2.28. The third kappa shape index (κ3) is 3.83. The average molecular weight is 455 g/mol. The summed E-state index contributed by atoms with van der Waals surface area (Å²) in [5.41, 5.74) is 4.01. The molecule has 1 amide bonds. The van der Waals surface area contributed by atoms with Gasteiger partial charge in [0.05, 0.1) is 10.6 Å². The van der Waals surface area contributed by atoms with Crippen LogP contribution in [0, 0.1) is 0 Å². The minimum atomic E-state index is -3.74. The fourth-order valence-corrected chi connectivity index (χ4v) is 6.09. The molecule has 0 saturated heterocycles. The topological polar surface area (TPSA) is 84.3 Å². The van der Waals surface area contributed by atoms with Crippen LogP contribution in [0.2, 0.25) is 0 Å². The molecule has 0 atom stereocenters. The zero-order valence-electron chi connectivity index (χ0n) is 17.0. The molecule has 0 radical (unpaired) electrons. The van der Waals surface area contributed by atoms with Crippen LogP contribution in [0.4, 0.5) is 11.4 Å². The van der Waals surface area contributed by atoms with E-state index in [1.165, 1.54) is 6.92 Å². The highest BCUT2D eigenvalue weighted by molar-refractivity contribution is 7.99. The molecule has 3 aromatic rings. The van der Waals surface area contributed by atoms with Gasteiger partial charge in [-0.1, -0.05) is 23.9 Å². The van der Waals surface area contributed by atoms with Crippen molar-refractivity contribution in [1.29, 1.82) is 0 Å². The molecule has 9 heteroatoms. The highest BCUT2D eigenvalue weighted by Gasteiger charge is 2.23. The third-order valence-electron chi connectivity index (χ3n) is 5.60. The monoisotopic (exact) mass is 454 g/mol. The molecule has 2 aromatic carbocycles. The predicted molar refractivity (Wildman–Crippen MR) is 122 cm³/mol.